The number of thiophene rings is 1. The topological polar surface area (TPSA) is 59.7 Å². The molecule has 1 aliphatic rings. The number of hydrogen-bond donors (Lipinski definition) is 0. The standard InChI is InChI=1S/C25H28N6S/c1-2-8-20(9-3-1)14-16-30(19-23-13-7-17-32-23)24(21-10-6-15-26-18-21)25-27-28-29-31(25)22-11-4-5-12-22/h1-3,6-10,13,15,17-18,22,24H,4-5,11-12,14,16,19H2/t24-/m1/s1. The van der Waals surface area contributed by atoms with E-state index in [2.05, 4.69) is 84.0 Å². The Morgan fingerprint density at radius 3 is 2.66 bits per heavy atom. The Bertz CT molecular complexity index is 1070. The molecule has 7 heteroatoms. The Balaban J connectivity index is 1.52. The third-order valence-corrected chi connectivity index (χ3v) is 7.13. The number of aromatic nitrogens is 5. The monoisotopic (exact) mass is 444 g/mol. The second kappa shape index (κ2) is 10.1. The molecule has 3 aromatic heterocycles. The average molecular weight is 445 g/mol. The molecule has 0 aliphatic heterocycles. The average Bonchev–Trinajstić information content (AvgIpc) is 3.62. The zero-order valence-electron chi connectivity index (χ0n) is 18.1. The minimum Gasteiger partial charge on any atom is -0.284 e. The summed E-state index contributed by atoms with van der Waals surface area (Å²) in [6, 6.07) is 19.5. The van der Waals surface area contributed by atoms with Gasteiger partial charge in [-0.2, -0.15) is 0 Å². The summed E-state index contributed by atoms with van der Waals surface area (Å²) >= 11 is 1.80. The number of tetrazole rings is 1. The lowest BCUT2D eigenvalue weighted by Gasteiger charge is -2.31. The first kappa shape index (κ1) is 21.0. The van der Waals surface area contributed by atoms with Gasteiger partial charge in [-0.05, 0) is 58.3 Å². The molecule has 0 bridgehead atoms. The van der Waals surface area contributed by atoms with Crippen molar-refractivity contribution in [3.05, 3.63) is 94.2 Å². The molecule has 3 heterocycles. The Labute approximate surface area is 192 Å². The highest BCUT2D eigenvalue weighted by Gasteiger charge is 2.31. The lowest BCUT2D eigenvalue weighted by Crippen LogP contribution is -2.33. The molecule has 0 spiro atoms. The molecule has 32 heavy (non-hydrogen) atoms. The molecule has 4 aromatic rings. The largest absolute Gasteiger partial charge is 0.284 e. The fourth-order valence-electron chi connectivity index (χ4n) is 4.67. The quantitative estimate of drug-likeness (QED) is 0.360. The molecule has 164 valence electrons. The molecule has 0 amide bonds. The SMILES string of the molecule is c1ccc(CCN(Cc2cccs2)[C@H](c2cccnc2)c2nnnn2C2CCCC2)cc1. The van der Waals surface area contributed by atoms with Crippen LogP contribution in [-0.4, -0.2) is 36.6 Å². The number of nitrogens with zero attached hydrogens (tertiary/aromatic N) is 6. The molecule has 0 radical (unpaired) electrons. The van der Waals surface area contributed by atoms with Crippen LogP contribution in [0.3, 0.4) is 0 Å². The fraction of sp³-hybridized carbons (Fsp3) is 0.360. The van der Waals surface area contributed by atoms with Gasteiger partial charge in [0.05, 0.1) is 12.1 Å². The fourth-order valence-corrected chi connectivity index (χ4v) is 5.40. The molecule has 0 saturated heterocycles. The number of hydrogen-bond acceptors (Lipinski definition) is 6. The Kier molecular flexibility index (Phi) is 6.65. The van der Waals surface area contributed by atoms with Crippen LogP contribution in [0.4, 0.5) is 0 Å². The lowest BCUT2D eigenvalue weighted by molar-refractivity contribution is 0.204. The van der Waals surface area contributed by atoms with Crippen molar-refractivity contribution < 1.29 is 0 Å². The highest BCUT2D eigenvalue weighted by molar-refractivity contribution is 7.09. The normalized spacial score (nSPS) is 15.4. The third kappa shape index (κ3) is 4.79. The molecule has 1 fully saturated rings. The van der Waals surface area contributed by atoms with Crippen LogP contribution in [0.25, 0.3) is 0 Å². The van der Waals surface area contributed by atoms with E-state index in [1.165, 1.54) is 23.3 Å². The summed E-state index contributed by atoms with van der Waals surface area (Å²) < 4.78 is 2.09. The summed E-state index contributed by atoms with van der Waals surface area (Å²) in [4.78, 5) is 8.29. The van der Waals surface area contributed by atoms with Gasteiger partial charge in [-0.25, -0.2) is 4.68 Å². The first-order chi connectivity index (χ1) is 15.9. The molecular formula is C25H28N6S. The summed E-state index contributed by atoms with van der Waals surface area (Å²) in [6.45, 7) is 1.75. The molecule has 0 unspecified atom stereocenters. The Morgan fingerprint density at radius 1 is 1.03 bits per heavy atom. The van der Waals surface area contributed by atoms with Crippen LogP contribution in [0.2, 0.25) is 0 Å². The van der Waals surface area contributed by atoms with Gasteiger partial charge in [-0.3, -0.25) is 9.88 Å². The van der Waals surface area contributed by atoms with E-state index >= 15 is 0 Å². The van der Waals surface area contributed by atoms with Crippen LogP contribution in [0, 0.1) is 0 Å². The van der Waals surface area contributed by atoms with E-state index in [4.69, 9.17) is 0 Å². The Morgan fingerprint density at radius 2 is 1.91 bits per heavy atom. The molecule has 6 nitrogen and oxygen atoms in total. The number of pyridine rings is 1. The third-order valence-electron chi connectivity index (χ3n) is 6.27. The first-order valence-corrected chi connectivity index (χ1v) is 12.2. The van der Waals surface area contributed by atoms with Crippen LogP contribution >= 0.6 is 11.3 Å². The predicted octanol–water partition coefficient (Wildman–Crippen LogP) is 5.08. The van der Waals surface area contributed by atoms with Gasteiger partial charge in [-0.1, -0.05) is 55.3 Å². The summed E-state index contributed by atoms with van der Waals surface area (Å²) in [6.07, 6.45) is 9.53. The maximum absolute atomic E-state index is 4.58. The van der Waals surface area contributed by atoms with Crippen molar-refractivity contribution in [1.82, 2.24) is 30.1 Å². The van der Waals surface area contributed by atoms with E-state index in [0.29, 0.717) is 6.04 Å². The second-order valence-electron chi connectivity index (χ2n) is 8.39. The molecule has 5 rings (SSSR count). The smallest absolute Gasteiger partial charge is 0.173 e. The second-order valence-corrected chi connectivity index (χ2v) is 9.43. The van der Waals surface area contributed by atoms with E-state index in [1.54, 1.807) is 11.3 Å². The molecule has 0 N–H and O–H groups in total. The van der Waals surface area contributed by atoms with E-state index in [1.807, 2.05) is 18.5 Å². The predicted molar refractivity (Wildman–Crippen MR) is 126 cm³/mol. The minimum atomic E-state index is -0.0508. The lowest BCUT2D eigenvalue weighted by atomic mass is 10.0. The van der Waals surface area contributed by atoms with Crippen molar-refractivity contribution in [2.75, 3.05) is 6.54 Å². The Hall–Kier alpha value is -2.90. The van der Waals surface area contributed by atoms with Gasteiger partial charge >= 0.3 is 0 Å². The maximum atomic E-state index is 4.58. The van der Waals surface area contributed by atoms with Gasteiger partial charge in [0.1, 0.15) is 0 Å². The summed E-state index contributed by atoms with van der Waals surface area (Å²) in [5, 5.41) is 15.3. The molecule has 1 aromatic carbocycles. The zero-order chi connectivity index (χ0) is 21.6. The van der Waals surface area contributed by atoms with E-state index in [0.717, 1.165) is 43.7 Å². The number of benzene rings is 1. The molecule has 1 aliphatic carbocycles. The first-order valence-electron chi connectivity index (χ1n) is 11.4. The molecule has 1 atom stereocenters. The van der Waals surface area contributed by atoms with Gasteiger partial charge in [0.25, 0.3) is 0 Å². The van der Waals surface area contributed by atoms with Crippen molar-refractivity contribution >= 4 is 11.3 Å². The van der Waals surface area contributed by atoms with Crippen LogP contribution in [0.1, 0.15) is 59.6 Å². The van der Waals surface area contributed by atoms with E-state index in [-0.39, 0.29) is 6.04 Å². The highest BCUT2D eigenvalue weighted by Crippen LogP contribution is 2.34. The van der Waals surface area contributed by atoms with E-state index in [9.17, 15) is 0 Å². The van der Waals surface area contributed by atoms with Gasteiger partial charge in [-0.15, -0.1) is 16.4 Å². The van der Waals surface area contributed by atoms with Gasteiger partial charge in [0.2, 0.25) is 0 Å². The van der Waals surface area contributed by atoms with Gasteiger partial charge in [0, 0.05) is 30.4 Å². The highest BCUT2D eigenvalue weighted by atomic mass is 32.1. The van der Waals surface area contributed by atoms with Crippen LogP contribution in [0.15, 0.2) is 72.4 Å². The molecule has 1 saturated carbocycles. The van der Waals surface area contributed by atoms with Crippen LogP contribution < -0.4 is 0 Å². The molecular weight excluding hydrogens is 416 g/mol. The van der Waals surface area contributed by atoms with Crippen LogP contribution in [0.5, 0.6) is 0 Å². The summed E-state index contributed by atoms with van der Waals surface area (Å²) in [5.41, 5.74) is 2.47. The van der Waals surface area contributed by atoms with Gasteiger partial charge < -0.3 is 0 Å². The van der Waals surface area contributed by atoms with E-state index < -0.39 is 0 Å². The summed E-state index contributed by atoms with van der Waals surface area (Å²) in [7, 11) is 0. The number of rotatable bonds is 9. The van der Waals surface area contributed by atoms with Crippen molar-refractivity contribution in [2.24, 2.45) is 0 Å². The van der Waals surface area contributed by atoms with Crippen molar-refractivity contribution in [1.29, 1.82) is 0 Å². The van der Waals surface area contributed by atoms with Crippen LogP contribution in [-0.2, 0) is 13.0 Å². The van der Waals surface area contributed by atoms with Crippen molar-refractivity contribution in [3.63, 3.8) is 0 Å². The van der Waals surface area contributed by atoms with Crippen molar-refractivity contribution in [2.45, 2.75) is 50.7 Å². The van der Waals surface area contributed by atoms with Gasteiger partial charge in [0.15, 0.2) is 5.82 Å². The maximum Gasteiger partial charge on any atom is 0.173 e. The zero-order valence-corrected chi connectivity index (χ0v) is 18.9. The minimum absolute atomic E-state index is 0.0508. The van der Waals surface area contributed by atoms with Crippen molar-refractivity contribution in [3.8, 4) is 0 Å². The summed E-state index contributed by atoms with van der Waals surface area (Å²) in [5.74, 6) is 0.925.